The van der Waals surface area contributed by atoms with Crippen LogP contribution in [0.25, 0.3) is 0 Å². The Kier molecular flexibility index (Phi) is 3.35. The first-order valence-corrected chi connectivity index (χ1v) is 5.84. The Labute approximate surface area is 104 Å². The van der Waals surface area contributed by atoms with Crippen LogP contribution in [0.4, 0.5) is 0 Å². The van der Waals surface area contributed by atoms with Crippen molar-refractivity contribution in [2.75, 3.05) is 0 Å². The molecule has 0 bridgehead atoms. The predicted octanol–water partition coefficient (Wildman–Crippen LogP) is 2.51. The van der Waals surface area contributed by atoms with Gasteiger partial charge in [0, 0.05) is 18.6 Å². The molecule has 0 aliphatic rings. The van der Waals surface area contributed by atoms with Crippen LogP contribution in [0.3, 0.4) is 0 Å². The minimum atomic E-state index is 0.585. The monoisotopic (exact) mass is 242 g/mol. The Morgan fingerprint density at radius 1 is 1.18 bits per heavy atom. The lowest BCUT2D eigenvalue weighted by Gasteiger charge is -2.03. The lowest BCUT2D eigenvalue weighted by atomic mass is 10.2. The van der Waals surface area contributed by atoms with Crippen molar-refractivity contribution < 1.29 is 0 Å². The van der Waals surface area contributed by atoms with Crippen molar-refractivity contribution in [1.82, 2.24) is 15.0 Å². The molecular formula is C12H10N4S. The minimum Gasteiger partial charge on any atom is -0.248 e. The van der Waals surface area contributed by atoms with Crippen molar-refractivity contribution in [3.63, 3.8) is 0 Å². The van der Waals surface area contributed by atoms with Crippen molar-refractivity contribution in [3.8, 4) is 6.07 Å². The van der Waals surface area contributed by atoms with Crippen molar-refractivity contribution >= 4 is 11.8 Å². The van der Waals surface area contributed by atoms with E-state index in [2.05, 4.69) is 21.0 Å². The molecule has 0 spiro atoms. The molecular weight excluding hydrogens is 232 g/mol. The van der Waals surface area contributed by atoms with Gasteiger partial charge >= 0.3 is 0 Å². The van der Waals surface area contributed by atoms with Crippen molar-refractivity contribution in [3.05, 3.63) is 41.3 Å². The highest BCUT2D eigenvalue weighted by molar-refractivity contribution is 7.99. The molecule has 0 aromatic carbocycles. The fourth-order valence-corrected chi connectivity index (χ4v) is 2.07. The van der Waals surface area contributed by atoms with Crippen molar-refractivity contribution in [2.45, 2.75) is 24.0 Å². The summed E-state index contributed by atoms with van der Waals surface area (Å²) in [7, 11) is 0. The molecule has 0 saturated carbocycles. The maximum atomic E-state index is 9.08. The van der Waals surface area contributed by atoms with Gasteiger partial charge < -0.3 is 0 Å². The van der Waals surface area contributed by atoms with E-state index in [1.54, 1.807) is 18.6 Å². The Bertz CT molecular complexity index is 572. The highest BCUT2D eigenvalue weighted by Gasteiger charge is 2.09. The van der Waals surface area contributed by atoms with Crippen LogP contribution in [-0.4, -0.2) is 15.0 Å². The molecule has 0 atom stereocenters. The van der Waals surface area contributed by atoms with Crippen LogP contribution < -0.4 is 0 Å². The molecule has 4 nitrogen and oxygen atoms in total. The SMILES string of the molecule is Cc1cnc(Sc2nccc(C)c2C#N)nc1. The summed E-state index contributed by atoms with van der Waals surface area (Å²) in [6, 6.07) is 3.97. The van der Waals surface area contributed by atoms with Gasteiger partial charge in [0.25, 0.3) is 0 Å². The lowest BCUT2D eigenvalue weighted by Crippen LogP contribution is -1.92. The van der Waals surface area contributed by atoms with Crippen LogP contribution in [0.15, 0.2) is 34.8 Å². The molecule has 0 N–H and O–H groups in total. The van der Waals surface area contributed by atoms with Gasteiger partial charge in [-0.25, -0.2) is 15.0 Å². The van der Waals surface area contributed by atoms with E-state index in [9.17, 15) is 0 Å². The van der Waals surface area contributed by atoms with Crippen molar-refractivity contribution in [1.29, 1.82) is 5.26 Å². The normalized spacial score (nSPS) is 9.94. The van der Waals surface area contributed by atoms with Gasteiger partial charge in [0.05, 0.1) is 5.56 Å². The highest BCUT2D eigenvalue weighted by Crippen LogP contribution is 2.26. The standard InChI is InChI=1S/C12H10N4S/c1-8-6-15-12(16-7-8)17-11-10(5-13)9(2)3-4-14-11/h3-4,6-7H,1-2H3. The first-order chi connectivity index (χ1) is 8.20. The summed E-state index contributed by atoms with van der Waals surface area (Å²) in [4.78, 5) is 12.6. The first kappa shape index (κ1) is 11.6. The average molecular weight is 242 g/mol. The predicted molar refractivity (Wildman–Crippen MR) is 64.6 cm³/mol. The molecule has 0 unspecified atom stereocenters. The quantitative estimate of drug-likeness (QED) is 0.757. The Morgan fingerprint density at radius 3 is 2.53 bits per heavy atom. The van der Waals surface area contributed by atoms with Crippen LogP contribution in [-0.2, 0) is 0 Å². The van der Waals surface area contributed by atoms with Gasteiger partial charge in [-0.15, -0.1) is 0 Å². The maximum absolute atomic E-state index is 9.08. The summed E-state index contributed by atoms with van der Waals surface area (Å²) >= 11 is 1.31. The number of aryl methyl sites for hydroxylation is 2. The van der Waals surface area contributed by atoms with Gasteiger partial charge in [-0.3, -0.25) is 0 Å². The second kappa shape index (κ2) is 4.93. The number of nitriles is 1. The fraction of sp³-hybridized carbons (Fsp3) is 0.167. The third kappa shape index (κ3) is 2.60. The van der Waals surface area contributed by atoms with E-state index in [4.69, 9.17) is 5.26 Å². The molecule has 0 aliphatic carbocycles. The molecule has 0 amide bonds. The Hall–Kier alpha value is -1.93. The Morgan fingerprint density at radius 2 is 1.88 bits per heavy atom. The molecule has 2 rings (SSSR count). The summed E-state index contributed by atoms with van der Waals surface area (Å²) in [6.45, 7) is 3.82. The summed E-state index contributed by atoms with van der Waals surface area (Å²) in [5, 5.41) is 10.3. The maximum Gasteiger partial charge on any atom is 0.193 e. The molecule has 84 valence electrons. The molecule has 0 saturated heterocycles. The molecule has 0 aliphatic heterocycles. The number of nitrogens with zero attached hydrogens (tertiary/aromatic N) is 4. The van der Waals surface area contributed by atoms with Crippen LogP contribution >= 0.6 is 11.8 Å². The molecule has 0 radical (unpaired) electrons. The number of rotatable bonds is 2. The van der Waals surface area contributed by atoms with E-state index in [0.717, 1.165) is 11.1 Å². The van der Waals surface area contributed by atoms with E-state index in [-0.39, 0.29) is 0 Å². The smallest absolute Gasteiger partial charge is 0.193 e. The lowest BCUT2D eigenvalue weighted by molar-refractivity contribution is 0.942. The zero-order valence-corrected chi connectivity index (χ0v) is 10.3. The largest absolute Gasteiger partial charge is 0.248 e. The number of hydrogen-bond acceptors (Lipinski definition) is 5. The van der Waals surface area contributed by atoms with Crippen LogP contribution in [0.1, 0.15) is 16.7 Å². The van der Waals surface area contributed by atoms with Crippen LogP contribution in [0.2, 0.25) is 0 Å². The van der Waals surface area contributed by atoms with Gasteiger partial charge in [-0.1, -0.05) is 0 Å². The zero-order chi connectivity index (χ0) is 12.3. The van der Waals surface area contributed by atoms with Gasteiger partial charge in [0.2, 0.25) is 0 Å². The second-order valence-corrected chi connectivity index (χ2v) is 4.52. The molecule has 2 aromatic rings. The number of aromatic nitrogens is 3. The second-order valence-electron chi connectivity index (χ2n) is 3.56. The molecule has 2 heterocycles. The average Bonchev–Trinajstić information content (AvgIpc) is 2.32. The first-order valence-electron chi connectivity index (χ1n) is 5.03. The molecule has 0 fully saturated rings. The van der Waals surface area contributed by atoms with E-state index in [0.29, 0.717) is 15.7 Å². The minimum absolute atomic E-state index is 0.585. The van der Waals surface area contributed by atoms with Gasteiger partial charge in [0.1, 0.15) is 11.1 Å². The van der Waals surface area contributed by atoms with Gasteiger partial charge in [-0.2, -0.15) is 5.26 Å². The summed E-state index contributed by atoms with van der Waals surface area (Å²) in [6.07, 6.45) is 5.18. The van der Waals surface area contributed by atoms with Gasteiger partial charge in [0.15, 0.2) is 5.16 Å². The zero-order valence-electron chi connectivity index (χ0n) is 9.51. The summed E-state index contributed by atoms with van der Waals surface area (Å²) in [5.74, 6) is 0. The van der Waals surface area contributed by atoms with E-state index >= 15 is 0 Å². The molecule has 17 heavy (non-hydrogen) atoms. The number of pyridine rings is 1. The van der Waals surface area contributed by atoms with Crippen LogP contribution in [0.5, 0.6) is 0 Å². The summed E-state index contributed by atoms with van der Waals surface area (Å²) in [5.41, 5.74) is 2.51. The third-order valence-electron chi connectivity index (χ3n) is 2.18. The van der Waals surface area contributed by atoms with E-state index in [1.165, 1.54) is 11.8 Å². The van der Waals surface area contributed by atoms with Gasteiger partial charge in [-0.05, 0) is 42.8 Å². The molecule has 2 aromatic heterocycles. The van der Waals surface area contributed by atoms with Crippen LogP contribution in [0, 0.1) is 25.2 Å². The highest BCUT2D eigenvalue weighted by atomic mass is 32.2. The van der Waals surface area contributed by atoms with E-state index < -0.39 is 0 Å². The third-order valence-corrected chi connectivity index (χ3v) is 3.08. The molecule has 5 heteroatoms. The summed E-state index contributed by atoms with van der Waals surface area (Å²) < 4.78 is 0. The van der Waals surface area contributed by atoms with Crippen molar-refractivity contribution in [2.24, 2.45) is 0 Å². The topological polar surface area (TPSA) is 62.5 Å². The van der Waals surface area contributed by atoms with E-state index in [1.807, 2.05) is 19.9 Å². The fourth-order valence-electron chi connectivity index (χ4n) is 1.27. The number of hydrogen-bond donors (Lipinski definition) is 0. The Balaban J connectivity index is 2.34.